The maximum atomic E-state index is 13.3. The number of thiazole rings is 1. The van der Waals surface area contributed by atoms with Gasteiger partial charge in [0.25, 0.3) is 5.91 Å². The lowest BCUT2D eigenvalue weighted by Crippen LogP contribution is -2.42. The number of hydrogen-bond donors (Lipinski definition) is 1. The van der Waals surface area contributed by atoms with Crippen LogP contribution in [-0.2, 0) is 20.7 Å². The number of nitrogens with one attached hydrogen (secondary N) is 1. The maximum absolute atomic E-state index is 13.3. The molecule has 1 N–H and O–H groups in total. The van der Waals surface area contributed by atoms with E-state index in [4.69, 9.17) is 4.74 Å². The van der Waals surface area contributed by atoms with Gasteiger partial charge in [0.2, 0.25) is 0 Å². The molecule has 0 unspecified atom stereocenters. The largest absolute Gasteiger partial charge is 0.455 e. The highest BCUT2D eigenvalue weighted by Gasteiger charge is 2.23. The first kappa shape index (κ1) is 19.5. The molecule has 5 nitrogen and oxygen atoms in total. The normalized spacial score (nSPS) is 19.5. The Morgan fingerprint density at radius 2 is 2.15 bits per heavy atom. The average Bonchev–Trinajstić information content (AvgIpc) is 3.10. The van der Waals surface area contributed by atoms with Crippen molar-refractivity contribution in [2.45, 2.75) is 45.1 Å². The summed E-state index contributed by atoms with van der Waals surface area (Å²) in [6.45, 7) is 1.86. The highest BCUT2D eigenvalue weighted by Crippen LogP contribution is 2.25. The van der Waals surface area contributed by atoms with Gasteiger partial charge in [-0.25, -0.2) is 9.37 Å². The molecule has 144 valence electrons. The molecule has 1 amide bonds. The Balaban J connectivity index is 1.46. The summed E-state index contributed by atoms with van der Waals surface area (Å²) in [4.78, 5) is 28.3. The fourth-order valence-corrected chi connectivity index (χ4v) is 4.08. The molecule has 0 saturated heterocycles. The van der Waals surface area contributed by atoms with Crippen molar-refractivity contribution in [3.63, 3.8) is 0 Å². The van der Waals surface area contributed by atoms with Gasteiger partial charge in [-0.15, -0.1) is 11.3 Å². The summed E-state index contributed by atoms with van der Waals surface area (Å²) in [6.07, 6.45) is 4.39. The van der Waals surface area contributed by atoms with Crippen LogP contribution in [0.3, 0.4) is 0 Å². The second-order valence-electron chi connectivity index (χ2n) is 6.93. The maximum Gasteiger partial charge on any atom is 0.312 e. The van der Waals surface area contributed by atoms with E-state index in [1.807, 2.05) is 0 Å². The Hall–Kier alpha value is -2.28. The molecular weight excluding hydrogens is 367 g/mol. The van der Waals surface area contributed by atoms with E-state index in [9.17, 15) is 14.0 Å². The van der Waals surface area contributed by atoms with Crippen LogP contribution in [-0.4, -0.2) is 29.5 Å². The first-order chi connectivity index (χ1) is 13.0. The molecule has 1 fully saturated rings. The number of carbonyl (C=O) groups excluding carboxylic acids is 2. The van der Waals surface area contributed by atoms with Gasteiger partial charge in [-0.2, -0.15) is 0 Å². The Morgan fingerprint density at radius 1 is 1.33 bits per heavy atom. The van der Waals surface area contributed by atoms with Crippen molar-refractivity contribution in [1.82, 2.24) is 10.3 Å². The van der Waals surface area contributed by atoms with Crippen molar-refractivity contribution >= 4 is 23.2 Å². The van der Waals surface area contributed by atoms with E-state index >= 15 is 0 Å². The van der Waals surface area contributed by atoms with Crippen molar-refractivity contribution in [1.29, 1.82) is 0 Å². The molecule has 1 aromatic heterocycles. The van der Waals surface area contributed by atoms with Crippen LogP contribution in [0.4, 0.5) is 4.39 Å². The van der Waals surface area contributed by atoms with E-state index in [2.05, 4.69) is 17.2 Å². The molecule has 1 saturated carbocycles. The van der Waals surface area contributed by atoms with Crippen LogP contribution in [0.25, 0.3) is 10.6 Å². The minimum absolute atomic E-state index is 0.0150. The number of amides is 1. The first-order valence-electron chi connectivity index (χ1n) is 9.16. The predicted octanol–water partition coefficient (Wildman–Crippen LogP) is 3.73. The van der Waals surface area contributed by atoms with Crippen LogP contribution in [0, 0.1) is 11.7 Å². The molecule has 1 heterocycles. The second kappa shape index (κ2) is 9.08. The highest BCUT2D eigenvalue weighted by molar-refractivity contribution is 7.13. The van der Waals surface area contributed by atoms with Gasteiger partial charge >= 0.3 is 5.97 Å². The van der Waals surface area contributed by atoms with Crippen LogP contribution in [0.15, 0.2) is 29.6 Å². The summed E-state index contributed by atoms with van der Waals surface area (Å²) in [5.41, 5.74) is 1.21. The number of esters is 1. The quantitative estimate of drug-likeness (QED) is 0.763. The van der Waals surface area contributed by atoms with Gasteiger partial charge in [0.15, 0.2) is 6.61 Å². The molecule has 2 aromatic rings. The number of halogens is 1. The lowest BCUT2D eigenvalue weighted by molar-refractivity contribution is -0.148. The number of rotatable bonds is 6. The lowest BCUT2D eigenvalue weighted by Gasteiger charge is -2.29. The monoisotopic (exact) mass is 390 g/mol. The van der Waals surface area contributed by atoms with Gasteiger partial charge < -0.3 is 10.1 Å². The van der Waals surface area contributed by atoms with Crippen molar-refractivity contribution in [2.75, 3.05) is 6.61 Å². The number of ether oxygens (including phenoxy) is 1. The fraction of sp³-hybridized carbons (Fsp3) is 0.450. The standard InChI is InChI=1S/C20H23FN2O3S/c1-13-5-2-3-8-17(13)23-18(24)11-26-19(25)10-16-12-27-20(22-16)14-6-4-7-15(21)9-14/h4,6-7,9,12-13,17H,2-3,5,8,10-11H2,1H3,(H,23,24)/t13-,17-/m0/s1. The fourth-order valence-electron chi connectivity index (χ4n) is 3.27. The third-order valence-electron chi connectivity index (χ3n) is 4.77. The Morgan fingerprint density at radius 3 is 2.93 bits per heavy atom. The van der Waals surface area contributed by atoms with E-state index in [0.717, 1.165) is 19.3 Å². The lowest BCUT2D eigenvalue weighted by atomic mass is 9.86. The van der Waals surface area contributed by atoms with Crippen LogP contribution < -0.4 is 5.32 Å². The topological polar surface area (TPSA) is 68.3 Å². The molecule has 0 aliphatic heterocycles. The number of aromatic nitrogens is 1. The molecule has 2 atom stereocenters. The number of carbonyl (C=O) groups is 2. The summed E-state index contributed by atoms with van der Waals surface area (Å²) in [7, 11) is 0. The molecular formula is C20H23FN2O3S. The molecule has 1 aromatic carbocycles. The molecule has 1 aliphatic rings. The zero-order valence-electron chi connectivity index (χ0n) is 15.2. The van der Waals surface area contributed by atoms with Gasteiger partial charge in [0.05, 0.1) is 12.1 Å². The molecule has 1 aliphatic carbocycles. The summed E-state index contributed by atoms with van der Waals surface area (Å²) in [6, 6.07) is 6.32. The third-order valence-corrected chi connectivity index (χ3v) is 5.71. The molecule has 0 radical (unpaired) electrons. The first-order valence-corrected chi connectivity index (χ1v) is 10.0. The Bertz CT molecular complexity index is 808. The second-order valence-corrected chi connectivity index (χ2v) is 7.79. The van der Waals surface area contributed by atoms with E-state index < -0.39 is 5.97 Å². The SMILES string of the molecule is C[C@H]1CCCC[C@@H]1NC(=O)COC(=O)Cc1csc(-c2cccc(F)c2)n1. The van der Waals surface area contributed by atoms with Crippen molar-refractivity contribution < 1.29 is 18.7 Å². The molecule has 0 spiro atoms. The zero-order valence-corrected chi connectivity index (χ0v) is 16.1. The summed E-state index contributed by atoms with van der Waals surface area (Å²) in [5.74, 6) is -0.643. The smallest absolute Gasteiger partial charge is 0.312 e. The average molecular weight is 390 g/mol. The van der Waals surface area contributed by atoms with Crippen molar-refractivity contribution in [3.05, 3.63) is 41.2 Å². The minimum atomic E-state index is -0.502. The Kier molecular flexibility index (Phi) is 6.55. The summed E-state index contributed by atoms with van der Waals surface area (Å²) >= 11 is 1.34. The number of nitrogens with zero attached hydrogens (tertiary/aromatic N) is 1. The van der Waals surface area contributed by atoms with Gasteiger partial charge in [0, 0.05) is 17.0 Å². The zero-order chi connectivity index (χ0) is 19.2. The Labute approximate surface area is 162 Å². The van der Waals surface area contributed by atoms with E-state index in [0.29, 0.717) is 22.2 Å². The van der Waals surface area contributed by atoms with Crippen LogP contribution in [0.2, 0.25) is 0 Å². The van der Waals surface area contributed by atoms with Crippen LogP contribution in [0.1, 0.15) is 38.3 Å². The van der Waals surface area contributed by atoms with Gasteiger partial charge in [-0.1, -0.05) is 31.9 Å². The summed E-state index contributed by atoms with van der Waals surface area (Å²) in [5, 5.41) is 5.33. The molecule has 7 heteroatoms. The van der Waals surface area contributed by atoms with Gasteiger partial charge in [0.1, 0.15) is 10.8 Å². The van der Waals surface area contributed by atoms with Gasteiger partial charge in [-0.05, 0) is 30.9 Å². The molecule has 27 heavy (non-hydrogen) atoms. The molecule has 3 rings (SSSR count). The van der Waals surface area contributed by atoms with E-state index in [1.165, 1.54) is 29.9 Å². The minimum Gasteiger partial charge on any atom is -0.455 e. The third kappa shape index (κ3) is 5.60. The highest BCUT2D eigenvalue weighted by atomic mass is 32.1. The van der Waals surface area contributed by atoms with Crippen LogP contribution >= 0.6 is 11.3 Å². The molecule has 0 bridgehead atoms. The predicted molar refractivity (Wildman–Crippen MR) is 102 cm³/mol. The van der Waals surface area contributed by atoms with Crippen molar-refractivity contribution in [3.8, 4) is 10.6 Å². The number of hydrogen-bond acceptors (Lipinski definition) is 5. The summed E-state index contributed by atoms with van der Waals surface area (Å²) < 4.78 is 18.4. The van der Waals surface area contributed by atoms with E-state index in [-0.39, 0.29) is 30.8 Å². The van der Waals surface area contributed by atoms with Crippen molar-refractivity contribution in [2.24, 2.45) is 5.92 Å². The van der Waals surface area contributed by atoms with Crippen LogP contribution in [0.5, 0.6) is 0 Å². The number of benzene rings is 1. The van der Waals surface area contributed by atoms with Gasteiger partial charge in [-0.3, -0.25) is 9.59 Å². The van der Waals surface area contributed by atoms with E-state index in [1.54, 1.807) is 17.5 Å².